The molecule has 0 bridgehead atoms. The third-order valence-electron chi connectivity index (χ3n) is 2.24. The molecule has 1 saturated heterocycles. The Labute approximate surface area is 83.7 Å². The molecule has 1 heterocycles. The van der Waals surface area contributed by atoms with Gasteiger partial charge in [-0.15, -0.1) is 0 Å². The number of hydrogen-bond acceptors (Lipinski definition) is 6. The van der Waals surface area contributed by atoms with Crippen LogP contribution in [0.5, 0.6) is 0 Å². The highest BCUT2D eigenvalue weighted by molar-refractivity contribution is 5.69. The first-order chi connectivity index (χ1) is 6.83. The summed E-state index contributed by atoms with van der Waals surface area (Å²) in [6.07, 6.45) is 1.51. The Morgan fingerprint density at radius 2 is 2.36 bits per heavy atom. The summed E-state index contributed by atoms with van der Waals surface area (Å²) in [6, 6.07) is 0. The lowest BCUT2D eigenvalue weighted by molar-refractivity contribution is -0.151. The van der Waals surface area contributed by atoms with Crippen molar-refractivity contribution in [2.45, 2.75) is 12.8 Å². The summed E-state index contributed by atoms with van der Waals surface area (Å²) in [5.41, 5.74) is 1.89. The smallest absolute Gasteiger partial charge is 0.327 e. The summed E-state index contributed by atoms with van der Waals surface area (Å²) in [7, 11) is 0. The fraction of sp³-hybridized carbons (Fsp3) is 0.875. The Morgan fingerprint density at radius 1 is 1.50 bits per heavy atom. The molecule has 0 saturated carbocycles. The normalized spacial score (nSPS) is 18.9. The quantitative estimate of drug-likeness (QED) is 0.384. The van der Waals surface area contributed by atoms with Gasteiger partial charge in [0.2, 0.25) is 0 Å². The lowest BCUT2D eigenvalue weighted by Crippen LogP contribution is -2.32. The molecule has 0 atom stereocenters. The molecule has 82 valence electrons. The zero-order chi connectivity index (χ0) is 10.2. The average molecular weight is 202 g/mol. The Balaban J connectivity index is 2.12. The first-order valence-electron chi connectivity index (χ1n) is 4.91. The summed E-state index contributed by atoms with van der Waals surface area (Å²) in [4.78, 5) is 17.6. The monoisotopic (exact) mass is 202 g/mol. The van der Waals surface area contributed by atoms with E-state index in [1.54, 1.807) is 0 Å². The summed E-state index contributed by atoms with van der Waals surface area (Å²) in [5.74, 6) is 4.53. The highest BCUT2D eigenvalue weighted by Crippen LogP contribution is 1.97. The minimum Gasteiger partial charge on any atom is -0.356 e. The molecular weight excluding hydrogens is 184 g/mol. The van der Waals surface area contributed by atoms with Crippen molar-refractivity contribution < 1.29 is 9.63 Å². The van der Waals surface area contributed by atoms with E-state index in [-0.39, 0.29) is 5.97 Å². The van der Waals surface area contributed by atoms with Crippen molar-refractivity contribution in [1.29, 1.82) is 0 Å². The van der Waals surface area contributed by atoms with E-state index >= 15 is 0 Å². The lowest BCUT2D eigenvalue weighted by atomic mass is 10.3. The van der Waals surface area contributed by atoms with Crippen LogP contribution in [-0.2, 0) is 9.63 Å². The summed E-state index contributed by atoms with van der Waals surface area (Å²) >= 11 is 0. The Morgan fingerprint density at radius 3 is 3.14 bits per heavy atom. The highest BCUT2D eigenvalue weighted by Gasteiger charge is 2.10. The minimum atomic E-state index is -0.315. The standard InChI is InChI=1S/C8H18N4O2/c9-11-14-8(13)2-6-12-5-1-3-10-4-7-12/h10-11H,1-7,9H2. The van der Waals surface area contributed by atoms with E-state index in [0.717, 1.165) is 39.1 Å². The predicted octanol–water partition coefficient (Wildman–Crippen LogP) is -1.41. The molecule has 6 heteroatoms. The zero-order valence-electron chi connectivity index (χ0n) is 8.29. The van der Waals surface area contributed by atoms with Crippen molar-refractivity contribution in [3.63, 3.8) is 0 Å². The van der Waals surface area contributed by atoms with E-state index in [0.29, 0.717) is 6.42 Å². The molecule has 0 aliphatic carbocycles. The predicted molar refractivity (Wildman–Crippen MR) is 52.0 cm³/mol. The van der Waals surface area contributed by atoms with E-state index in [1.807, 2.05) is 5.59 Å². The molecule has 6 nitrogen and oxygen atoms in total. The van der Waals surface area contributed by atoms with Crippen LogP contribution in [0.3, 0.4) is 0 Å². The van der Waals surface area contributed by atoms with Gasteiger partial charge in [0.05, 0.1) is 6.42 Å². The van der Waals surface area contributed by atoms with Gasteiger partial charge in [0.1, 0.15) is 0 Å². The molecule has 0 amide bonds. The Kier molecular flexibility index (Phi) is 5.46. The molecule has 0 radical (unpaired) electrons. The highest BCUT2D eigenvalue weighted by atomic mass is 16.7. The van der Waals surface area contributed by atoms with Gasteiger partial charge in [-0.05, 0) is 19.5 Å². The molecule has 4 N–H and O–H groups in total. The van der Waals surface area contributed by atoms with Crippen molar-refractivity contribution in [2.75, 3.05) is 32.7 Å². The molecule has 0 aromatic heterocycles. The Bertz CT molecular complexity index is 169. The van der Waals surface area contributed by atoms with Gasteiger partial charge in [-0.25, -0.2) is 5.84 Å². The van der Waals surface area contributed by atoms with Gasteiger partial charge in [0, 0.05) is 19.6 Å². The molecule has 1 fully saturated rings. The van der Waals surface area contributed by atoms with Crippen molar-refractivity contribution in [2.24, 2.45) is 5.84 Å². The molecule has 1 rings (SSSR count). The van der Waals surface area contributed by atoms with Gasteiger partial charge in [-0.2, -0.15) is 0 Å². The van der Waals surface area contributed by atoms with Gasteiger partial charge >= 0.3 is 5.97 Å². The van der Waals surface area contributed by atoms with Crippen LogP contribution in [0.2, 0.25) is 0 Å². The first-order valence-corrected chi connectivity index (χ1v) is 4.91. The number of nitrogens with zero attached hydrogens (tertiary/aromatic N) is 1. The van der Waals surface area contributed by atoms with Crippen molar-refractivity contribution in [1.82, 2.24) is 15.8 Å². The van der Waals surface area contributed by atoms with Crippen molar-refractivity contribution in [3.05, 3.63) is 0 Å². The summed E-state index contributed by atoms with van der Waals surface area (Å²) in [6.45, 7) is 4.82. The van der Waals surface area contributed by atoms with Crippen molar-refractivity contribution in [3.8, 4) is 0 Å². The van der Waals surface area contributed by atoms with Gasteiger partial charge in [-0.1, -0.05) is 5.59 Å². The number of hydrazine groups is 1. The average Bonchev–Trinajstić information content (AvgIpc) is 2.43. The second-order valence-corrected chi connectivity index (χ2v) is 3.29. The number of carbonyl (C=O) groups is 1. The van der Waals surface area contributed by atoms with Crippen LogP contribution in [0, 0.1) is 0 Å². The van der Waals surface area contributed by atoms with E-state index in [4.69, 9.17) is 5.84 Å². The van der Waals surface area contributed by atoms with Crippen LogP contribution >= 0.6 is 0 Å². The molecule has 14 heavy (non-hydrogen) atoms. The number of carbonyl (C=O) groups excluding carboxylic acids is 1. The third kappa shape index (κ3) is 4.52. The van der Waals surface area contributed by atoms with Crippen LogP contribution in [0.4, 0.5) is 0 Å². The second-order valence-electron chi connectivity index (χ2n) is 3.29. The summed E-state index contributed by atoms with van der Waals surface area (Å²) < 4.78 is 0. The van der Waals surface area contributed by atoms with Gasteiger partial charge in [-0.3, -0.25) is 4.79 Å². The number of nitrogens with two attached hydrogens (primary N) is 1. The number of hydrogen-bond donors (Lipinski definition) is 3. The number of nitrogens with one attached hydrogen (secondary N) is 2. The van der Waals surface area contributed by atoms with E-state index < -0.39 is 0 Å². The van der Waals surface area contributed by atoms with Gasteiger partial charge < -0.3 is 15.1 Å². The molecule has 0 unspecified atom stereocenters. The second kappa shape index (κ2) is 6.72. The maximum atomic E-state index is 11.0. The van der Waals surface area contributed by atoms with Gasteiger partial charge in [0.15, 0.2) is 0 Å². The summed E-state index contributed by atoms with van der Waals surface area (Å²) in [5, 5.41) is 3.30. The van der Waals surface area contributed by atoms with Crippen LogP contribution in [0.25, 0.3) is 0 Å². The molecule has 0 aromatic rings. The zero-order valence-corrected chi connectivity index (χ0v) is 8.29. The van der Waals surface area contributed by atoms with Crippen molar-refractivity contribution >= 4 is 5.97 Å². The maximum Gasteiger partial charge on any atom is 0.327 e. The van der Waals surface area contributed by atoms with Crippen LogP contribution < -0.4 is 16.7 Å². The van der Waals surface area contributed by atoms with E-state index in [2.05, 4.69) is 15.1 Å². The molecule has 0 spiro atoms. The molecular formula is C8H18N4O2. The van der Waals surface area contributed by atoms with Gasteiger partial charge in [0.25, 0.3) is 0 Å². The Hall–Kier alpha value is -0.690. The van der Waals surface area contributed by atoms with E-state index in [9.17, 15) is 4.79 Å². The van der Waals surface area contributed by atoms with Crippen LogP contribution in [0.1, 0.15) is 12.8 Å². The maximum absolute atomic E-state index is 11.0. The van der Waals surface area contributed by atoms with E-state index in [1.165, 1.54) is 0 Å². The molecule has 1 aliphatic rings. The number of rotatable bonds is 4. The largest absolute Gasteiger partial charge is 0.356 e. The van der Waals surface area contributed by atoms with Crippen LogP contribution in [0.15, 0.2) is 0 Å². The third-order valence-corrected chi connectivity index (χ3v) is 2.24. The fourth-order valence-electron chi connectivity index (χ4n) is 1.49. The first kappa shape index (κ1) is 11.4. The lowest BCUT2D eigenvalue weighted by Gasteiger charge is -2.18. The fourth-order valence-corrected chi connectivity index (χ4v) is 1.49. The molecule has 0 aromatic carbocycles. The topological polar surface area (TPSA) is 79.6 Å². The SMILES string of the molecule is NNOC(=O)CCN1CCCNCC1. The minimum absolute atomic E-state index is 0.315. The van der Waals surface area contributed by atoms with Crippen LogP contribution in [-0.4, -0.2) is 43.6 Å². The molecule has 1 aliphatic heterocycles.